The van der Waals surface area contributed by atoms with Crippen molar-refractivity contribution in [3.05, 3.63) is 114 Å². The highest BCUT2D eigenvalue weighted by Crippen LogP contribution is 2.30. The number of carbonyl (C=O) groups is 2. The maximum absolute atomic E-state index is 12.7. The van der Waals surface area contributed by atoms with Crippen LogP contribution in [0, 0.1) is 13.8 Å². The van der Waals surface area contributed by atoms with Gasteiger partial charge in [0, 0.05) is 40.5 Å². The molecule has 0 aliphatic rings. The number of para-hydroxylation sites is 1. The lowest BCUT2D eigenvalue weighted by Gasteiger charge is -2.08. The Kier molecular flexibility index (Phi) is 8.07. The van der Waals surface area contributed by atoms with Gasteiger partial charge in [0.25, 0.3) is 0 Å². The highest BCUT2D eigenvalue weighted by Gasteiger charge is 2.18. The first-order valence-corrected chi connectivity index (χ1v) is 13.8. The number of benzene rings is 3. The summed E-state index contributed by atoms with van der Waals surface area (Å²) >= 11 is 1.31. The third kappa shape index (κ3) is 5.97. The SMILES string of the molecule is C=CCn1c(SCC(=O)Nc2ccc(C(=O)/C=C/c3ccc(C)cc3C)cc2)nnc1-c1c[nH]c2ccccc12. The second-order valence-electron chi connectivity index (χ2n) is 9.43. The molecular weight excluding hydrogens is 518 g/mol. The fourth-order valence-electron chi connectivity index (χ4n) is 4.46. The molecule has 5 aromatic rings. The number of allylic oxidation sites excluding steroid dienone is 2. The van der Waals surface area contributed by atoms with Crippen LogP contribution in [0.15, 0.2) is 96.8 Å². The van der Waals surface area contributed by atoms with E-state index < -0.39 is 0 Å². The smallest absolute Gasteiger partial charge is 0.234 e. The van der Waals surface area contributed by atoms with Gasteiger partial charge >= 0.3 is 0 Å². The molecule has 8 heteroatoms. The second kappa shape index (κ2) is 12.0. The lowest BCUT2D eigenvalue weighted by atomic mass is 10.0. The minimum absolute atomic E-state index is 0.0963. The van der Waals surface area contributed by atoms with Gasteiger partial charge in [-0.3, -0.25) is 14.2 Å². The van der Waals surface area contributed by atoms with Crippen molar-refractivity contribution in [3.63, 3.8) is 0 Å². The average Bonchev–Trinajstić information content (AvgIpc) is 3.55. The molecule has 0 spiro atoms. The van der Waals surface area contributed by atoms with Crippen molar-refractivity contribution in [2.45, 2.75) is 25.5 Å². The van der Waals surface area contributed by atoms with Crippen molar-refractivity contribution < 1.29 is 9.59 Å². The van der Waals surface area contributed by atoms with Gasteiger partial charge in [-0.25, -0.2) is 0 Å². The van der Waals surface area contributed by atoms with Gasteiger partial charge in [0.15, 0.2) is 16.8 Å². The molecule has 1 amide bonds. The van der Waals surface area contributed by atoms with Crippen LogP contribution in [0.4, 0.5) is 5.69 Å². The van der Waals surface area contributed by atoms with Crippen molar-refractivity contribution in [1.82, 2.24) is 19.7 Å². The lowest BCUT2D eigenvalue weighted by molar-refractivity contribution is -0.113. The van der Waals surface area contributed by atoms with E-state index in [1.54, 1.807) is 36.4 Å². The summed E-state index contributed by atoms with van der Waals surface area (Å²) in [5.41, 5.74) is 6.45. The molecule has 2 aromatic heterocycles. The summed E-state index contributed by atoms with van der Waals surface area (Å²) < 4.78 is 1.95. The largest absolute Gasteiger partial charge is 0.360 e. The molecule has 40 heavy (non-hydrogen) atoms. The van der Waals surface area contributed by atoms with Crippen LogP contribution in [0.2, 0.25) is 0 Å². The highest BCUT2D eigenvalue weighted by molar-refractivity contribution is 7.99. The van der Waals surface area contributed by atoms with Gasteiger partial charge in [-0.1, -0.05) is 65.9 Å². The average molecular weight is 548 g/mol. The third-order valence-corrected chi connectivity index (χ3v) is 7.45. The monoisotopic (exact) mass is 547 g/mol. The molecule has 0 bridgehead atoms. The number of aromatic nitrogens is 4. The number of hydrogen-bond donors (Lipinski definition) is 2. The highest BCUT2D eigenvalue weighted by atomic mass is 32.2. The van der Waals surface area contributed by atoms with Crippen molar-refractivity contribution >= 4 is 46.1 Å². The molecule has 0 atom stereocenters. The van der Waals surface area contributed by atoms with Gasteiger partial charge in [0.1, 0.15) is 0 Å². The van der Waals surface area contributed by atoms with E-state index in [4.69, 9.17) is 0 Å². The predicted molar refractivity (Wildman–Crippen MR) is 163 cm³/mol. The third-order valence-electron chi connectivity index (χ3n) is 6.48. The molecule has 0 unspecified atom stereocenters. The number of carbonyl (C=O) groups excluding carboxylic acids is 2. The molecule has 7 nitrogen and oxygen atoms in total. The number of hydrogen-bond acceptors (Lipinski definition) is 5. The number of amides is 1. The van der Waals surface area contributed by atoms with Gasteiger partial charge in [-0.05, 0) is 61.4 Å². The zero-order valence-corrected chi connectivity index (χ0v) is 23.2. The number of nitrogens with one attached hydrogen (secondary N) is 2. The van der Waals surface area contributed by atoms with E-state index in [0.29, 0.717) is 28.8 Å². The first-order chi connectivity index (χ1) is 19.4. The Hall–Kier alpha value is -4.69. The molecule has 0 aliphatic heterocycles. The van der Waals surface area contributed by atoms with Crippen LogP contribution in [0.5, 0.6) is 0 Å². The van der Waals surface area contributed by atoms with Crippen LogP contribution >= 0.6 is 11.8 Å². The Morgan fingerprint density at radius 2 is 1.85 bits per heavy atom. The maximum atomic E-state index is 12.7. The van der Waals surface area contributed by atoms with Crippen molar-refractivity contribution in [2.24, 2.45) is 0 Å². The summed E-state index contributed by atoms with van der Waals surface area (Å²) in [6.07, 6.45) is 7.11. The van der Waals surface area contributed by atoms with Gasteiger partial charge < -0.3 is 10.3 Å². The van der Waals surface area contributed by atoms with E-state index >= 15 is 0 Å². The van der Waals surface area contributed by atoms with E-state index in [9.17, 15) is 9.59 Å². The van der Waals surface area contributed by atoms with E-state index in [0.717, 1.165) is 27.6 Å². The Morgan fingerprint density at radius 3 is 2.62 bits per heavy atom. The van der Waals surface area contributed by atoms with Crippen LogP contribution in [-0.4, -0.2) is 37.2 Å². The minimum atomic E-state index is -0.180. The summed E-state index contributed by atoms with van der Waals surface area (Å²) in [4.78, 5) is 28.6. The summed E-state index contributed by atoms with van der Waals surface area (Å²) in [6.45, 7) is 8.45. The molecule has 5 rings (SSSR count). The standard InChI is InChI=1S/C32H29N5O2S/c1-4-17-37-31(27-19-33-28-8-6-5-7-26(27)28)35-36-32(37)40-20-30(39)34-25-14-11-24(12-15-25)29(38)16-13-23-10-9-21(2)18-22(23)3/h4-16,18-19,33H,1,17,20H2,2-3H3,(H,34,39)/b16-13+. The number of H-pyrrole nitrogens is 1. The lowest BCUT2D eigenvalue weighted by Crippen LogP contribution is -2.14. The summed E-state index contributed by atoms with van der Waals surface area (Å²) in [7, 11) is 0. The van der Waals surface area contributed by atoms with Crippen LogP contribution in [0.3, 0.4) is 0 Å². The number of nitrogens with zero attached hydrogens (tertiary/aromatic N) is 3. The number of fused-ring (bicyclic) bond motifs is 1. The molecule has 0 saturated carbocycles. The number of thioether (sulfide) groups is 1. The van der Waals surface area contributed by atoms with E-state index in [2.05, 4.69) is 33.1 Å². The van der Waals surface area contributed by atoms with E-state index in [1.165, 1.54) is 17.3 Å². The topological polar surface area (TPSA) is 92.7 Å². The fraction of sp³-hybridized carbons (Fsp3) is 0.125. The number of ketones is 1. The number of aromatic amines is 1. The van der Waals surface area contributed by atoms with Gasteiger partial charge in [0.2, 0.25) is 5.91 Å². The summed E-state index contributed by atoms with van der Waals surface area (Å²) in [5, 5.41) is 13.3. The fourth-order valence-corrected chi connectivity index (χ4v) is 5.21. The maximum Gasteiger partial charge on any atom is 0.234 e. The molecular formula is C32H29N5O2S. The van der Waals surface area contributed by atoms with Crippen LogP contribution in [0.1, 0.15) is 27.0 Å². The van der Waals surface area contributed by atoms with Crippen LogP contribution in [-0.2, 0) is 11.3 Å². The van der Waals surface area contributed by atoms with Crippen molar-refractivity contribution in [1.29, 1.82) is 0 Å². The minimum Gasteiger partial charge on any atom is -0.360 e. The summed E-state index contributed by atoms with van der Waals surface area (Å²) in [5.74, 6) is 0.594. The molecule has 0 aliphatic carbocycles. The van der Waals surface area contributed by atoms with Crippen LogP contribution < -0.4 is 5.32 Å². The Labute approximate surface area is 237 Å². The van der Waals surface area contributed by atoms with Crippen molar-refractivity contribution in [2.75, 3.05) is 11.1 Å². The molecule has 0 saturated heterocycles. The molecule has 2 heterocycles. The number of aryl methyl sites for hydroxylation is 2. The normalized spacial score (nSPS) is 11.2. The second-order valence-corrected chi connectivity index (χ2v) is 10.4. The van der Waals surface area contributed by atoms with Crippen molar-refractivity contribution in [3.8, 4) is 11.4 Å². The molecule has 0 radical (unpaired) electrons. The first-order valence-electron chi connectivity index (χ1n) is 12.9. The van der Waals surface area contributed by atoms with Gasteiger partial charge in [-0.2, -0.15) is 0 Å². The van der Waals surface area contributed by atoms with E-state index in [1.807, 2.05) is 67.1 Å². The Balaban J connectivity index is 1.21. The van der Waals surface area contributed by atoms with Gasteiger partial charge in [-0.15, -0.1) is 16.8 Å². The van der Waals surface area contributed by atoms with E-state index in [-0.39, 0.29) is 17.4 Å². The number of anilines is 1. The van der Waals surface area contributed by atoms with Crippen LogP contribution in [0.25, 0.3) is 28.4 Å². The molecule has 2 N–H and O–H groups in total. The molecule has 0 fully saturated rings. The molecule has 3 aromatic carbocycles. The summed E-state index contributed by atoms with van der Waals surface area (Å²) in [6, 6.07) is 21.0. The zero-order chi connectivity index (χ0) is 28.1. The predicted octanol–water partition coefficient (Wildman–Crippen LogP) is 6.86. The first kappa shape index (κ1) is 26.9. The Morgan fingerprint density at radius 1 is 1.05 bits per heavy atom. The zero-order valence-electron chi connectivity index (χ0n) is 22.3. The Bertz CT molecular complexity index is 1730. The molecule has 200 valence electrons. The number of rotatable bonds is 10. The quantitative estimate of drug-likeness (QED) is 0.0863. The van der Waals surface area contributed by atoms with Gasteiger partial charge in [0.05, 0.1) is 5.75 Å².